The fraction of sp³-hybridized carbons (Fsp3) is 0.333. The molecule has 4 N–H and O–H groups in total. The van der Waals surface area contributed by atoms with Gasteiger partial charge in [0.2, 0.25) is 10.3 Å². The van der Waals surface area contributed by atoms with E-state index in [1.807, 2.05) is 0 Å². The van der Waals surface area contributed by atoms with Gasteiger partial charge in [0.05, 0.1) is 0 Å². The highest BCUT2D eigenvalue weighted by Crippen LogP contribution is 2.34. The Hall–Kier alpha value is -1.36. The Morgan fingerprint density at radius 2 is 1.24 bits per heavy atom. The lowest BCUT2D eigenvalue weighted by Gasteiger charge is -2.16. The van der Waals surface area contributed by atoms with Crippen molar-refractivity contribution in [2.24, 2.45) is 0 Å². The van der Waals surface area contributed by atoms with Crippen LogP contribution in [-0.2, 0) is 11.5 Å². The number of nitrogens with zero attached hydrogens (tertiary/aromatic N) is 4. The van der Waals surface area contributed by atoms with Gasteiger partial charge < -0.3 is 11.5 Å². The summed E-state index contributed by atoms with van der Waals surface area (Å²) in [6.45, 7) is 6.51. The predicted octanol–water partition coefficient (Wildman–Crippen LogP) is 4.06. The molecule has 0 aliphatic rings. The Kier molecular flexibility index (Phi) is 5.82. The van der Waals surface area contributed by atoms with Crippen LogP contribution in [0.25, 0.3) is 0 Å². The maximum absolute atomic E-state index is 5.66. The van der Waals surface area contributed by atoms with Crippen molar-refractivity contribution >= 4 is 56.5 Å². The van der Waals surface area contributed by atoms with E-state index in [0.29, 0.717) is 10.3 Å². The molecule has 25 heavy (non-hydrogen) atoms. The summed E-state index contributed by atoms with van der Waals surface area (Å²) in [6.07, 6.45) is 0. The molecule has 2 heterocycles. The largest absolute Gasteiger partial charge is 0.374 e. The summed E-state index contributed by atoms with van der Waals surface area (Å²) in [6, 6.07) is 2.25. The van der Waals surface area contributed by atoms with Crippen LogP contribution in [0.15, 0.2) is 14.7 Å². The lowest BCUT2D eigenvalue weighted by atomic mass is 9.95. The molecule has 0 fully saturated rings. The monoisotopic (exact) mass is 410 g/mol. The fourth-order valence-electron chi connectivity index (χ4n) is 2.54. The van der Waals surface area contributed by atoms with Crippen LogP contribution in [0.1, 0.15) is 27.8 Å². The van der Waals surface area contributed by atoms with Crippen LogP contribution in [0.2, 0.25) is 0 Å². The Balaban J connectivity index is 1.78. The van der Waals surface area contributed by atoms with Crippen molar-refractivity contribution in [3.63, 3.8) is 0 Å². The van der Waals surface area contributed by atoms with Gasteiger partial charge in [0, 0.05) is 11.5 Å². The topological polar surface area (TPSA) is 104 Å². The maximum atomic E-state index is 5.66. The van der Waals surface area contributed by atoms with E-state index in [1.165, 1.54) is 50.5 Å². The van der Waals surface area contributed by atoms with E-state index in [-0.39, 0.29) is 0 Å². The average molecular weight is 411 g/mol. The summed E-state index contributed by atoms with van der Waals surface area (Å²) < 4.78 is 1.80. The van der Waals surface area contributed by atoms with Gasteiger partial charge in [0.15, 0.2) is 8.68 Å². The third-order valence-electron chi connectivity index (χ3n) is 3.81. The molecule has 10 heteroatoms. The minimum absolute atomic E-state index is 0.508. The second-order valence-corrected chi connectivity index (χ2v) is 9.95. The van der Waals surface area contributed by atoms with Crippen molar-refractivity contribution in [3.8, 4) is 0 Å². The van der Waals surface area contributed by atoms with Crippen LogP contribution in [0.5, 0.6) is 0 Å². The first-order valence-electron chi connectivity index (χ1n) is 7.46. The first kappa shape index (κ1) is 18.4. The minimum atomic E-state index is 0.508. The lowest BCUT2D eigenvalue weighted by molar-refractivity contribution is 1.01. The molecule has 0 aliphatic carbocycles. The molecule has 0 saturated heterocycles. The molecule has 0 atom stereocenters. The molecule has 2 aromatic heterocycles. The smallest absolute Gasteiger partial charge is 0.203 e. The quantitative estimate of drug-likeness (QED) is 0.586. The van der Waals surface area contributed by atoms with Crippen LogP contribution in [0.4, 0.5) is 10.3 Å². The zero-order valence-electron chi connectivity index (χ0n) is 14.1. The number of benzene rings is 1. The first-order chi connectivity index (χ1) is 11.9. The summed E-state index contributed by atoms with van der Waals surface area (Å²) in [4.78, 5) is 0. The van der Waals surface area contributed by atoms with Gasteiger partial charge in [0.1, 0.15) is 0 Å². The first-order valence-corrected chi connectivity index (χ1v) is 11.1. The van der Waals surface area contributed by atoms with Gasteiger partial charge in [-0.3, -0.25) is 0 Å². The van der Waals surface area contributed by atoms with Crippen molar-refractivity contribution in [1.29, 1.82) is 0 Å². The maximum Gasteiger partial charge on any atom is 0.203 e. The third kappa shape index (κ3) is 4.43. The molecule has 6 nitrogen and oxygen atoms in total. The van der Waals surface area contributed by atoms with E-state index in [2.05, 4.69) is 47.2 Å². The van der Waals surface area contributed by atoms with Crippen molar-refractivity contribution in [2.75, 3.05) is 11.5 Å². The molecule has 0 aliphatic heterocycles. The standard InChI is InChI=1S/C15H18N6S4/c1-7-4-8(2)11(6-23-15-21-19-13(17)25-15)9(3)10(7)5-22-14-20-18-12(16)24-14/h4H,5-6H2,1-3H3,(H2,16,18)(H2,17,19). The molecule has 3 rings (SSSR count). The van der Waals surface area contributed by atoms with E-state index in [1.54, 1.807) is 23.5 Å². The second-order valence-electron chi connectivity index (χ2n) is 5.48. The minimum Gasteiger partial charge on any atom is -0.374 e. The van der Waals surface area contributed by atoms with Crippen LogP contribution in [-0.4, -0.2) is 20.4 Å². The normalized spacial score (nSPS) is 11.2. The van der Waals surface area contributed by atoms with Crippen molar-refractivity contribution in [3.05, 3.63) is 33.9 Å². The molecule has 132 valence electrons. The van der Waals surface area contributed by atoms with E-state index in [4.69, 9.17) is 11.5 Å². The number of thioether (sulfide) groups is 2. The fourth-order valence-corrected chi connectivity index (χ4v) is 6.18. The Morgan fingerprint density at radius 1 is 0.800 bits per heavy atom. The molecular formula is C15H18N6S4. The van der Waals surface area contributed by atoms with Crippen LogP contribution in [0.3, 0.4) is 0 Å². The molecule has 0 amide bonds. The summed E-state index contributed by atoms with van der Waals surface area (Å²) >= 11 is 6.20. The van der Waals surface area contributed by atoms with E-state index in [0.717, 1.165) is 20.2 Å². The Labute approximate surface area is 162 Å². The van der Waals surface area contributed by atoms with Gasteiger partial charge in [-0.15, -0.1) is 20.4 Å². The highest BCUT2D eigenvalue weighted by molar-refractivity contribution is 8.00. The molecule has 0 bridgehead atoms. The van der Waals surface area contributed by atoms with Gasteiger partial charge >= 0.3 is 0 Å². The van der Waals surface area contributed by atoms with E-state index >= 15 is 0 Å². The number of hydrogen-bond donors (Lipinski definition) is 2. The molecule has 0 radical (unpaired) electrons. The number of nitrogens with two attached hydrogens (primary N) is 2. The highest BCUT2D eigenvalue weighted by atomic mass is 32.2. The van der Waals surface area contributed by atoms with Crippen molar-refractivity contribution in [2.45, 2.75) is 41.0 Å². The number of aryl methyl sites for hydroxylation is 2. The Bertz CT molecular complexity index is 820. The highest BCUT2D eigenvalue weighted by Gasteiger charge is 2.14. The molecule has 3 aromatic rings. The van der Waals surface area contributed by atoms with Gasteiger partial charge in [-0.05, 0) is 48.6 Å². The van der Waals surface area contributed by atoms with Gasteiger partial charge in [-0.2, -0.15) is 0 Å². The summed E-state index contributed by atoms with van der Waals surface area (Å²) in [5.74, 6) is 1.71. The molecule has 1 aromatic carbocycles. The second kappa shape index (κ2) is 7.90. The van der Waals surface area contributed by atoms with Crippen LogP contribution < -0.4 is 11.5 Å². The molecule has 0 spiro atoms. The number of anilines is 2. The molecular weight excluding hydrogens is 392 g/mol. The molecule has 0 unspecified atom stereocenters. The van der Waals surface area contributed by atoms with Crippen molar-refractivity contribution in [1.82, 2.24) is 20.4 Å². The third-order valence-corrected chi connectivity index (χ3v) is 7.64. The number of hydrogen-bond acceptors (Lipinski definition) is 10. The zero-order valence-corrected chi connectivity index (χ0v) is 17.3. The summed E-state index contributed by atoms with van der Waals surface area (Å²) in [5, 5.41) is 16.9. The Morgan fingerprint density at radius 3 is 1.60 bits per heavy atom. The molecule has 0 saturated carbocycles. The van der Waals surface area contributed by atoms with Crippen LogP contribution in [0, 0.1) is 20.8 Å². The SMILES string of the molecule is Cc1cc(C)c(CSc2nnc(N)s2)c(C)c1CSc1nnc(N)s1. The van der Waals surface area contributed by atoms with Crippen molar-refractivity contribution < 1.29 is 0 Å². The van der Waals surface area contributed by atoms with Gasteiger partial charge in [-0.25, -0.2) is 0 Å². The van der Waals surface area contributed by atoms with Gasteiger partial charge in [-0.1, -0.05) is 52.3 Å². The predicted molar refractivity (Wildman–Crippen MR) is 108 cm³/mol. The lowest BCUT2D eigenvalue weighted by Crippen LogP contribution is -2.00. The average Bonchev–Trinajstić information content (AvgIpc) is 3.15. The van der Waals surface area contributed by atoms with E-state index in [9.17, 15) is 0 Å². The van der Waals surface area contributed by atoms with Gasteiger partial charge in [0.25, 0.3) is 0 Å². The number of nitrogen functional groups attached to an aromatic ring is 2. The van der Waals surface area contributed by atoms with E-state index < -0.39 is 0 Å². The summed E-state index contributed by atoms with van der Waals surface area (Å²) in [5.41, 5.74) is 17.9. The summed E-state index contributed by atoms with van der Waals surface area (Å²) in [7, 11) is 0. The van der Waals surface area contributed by atoms with Crippen LogP contribution >= 0.6 is 46.2 Å². The number of aromatic nitrogens is 4. The number of rotatable bonds is 6. The zero-order chi connectivity index (χ0) is 18.0.